The molecule has 0 aliphatic heterocycles. The highest BCUT2D eigenvalue weighted by Gasteiger charge is 2.01. The normalized spacial score (nSPS) is 9.29. The van der Waals surface area contributed by atoms with Gasteiger partial charge in [0.15, 0.2) is 5.75 Å². The standard InChI is InChI=1S/C10H12O4/c1-3-10(11)14-13-9-6-4-8(12-2)5-7-9/h4-7H,3H2,1-2H3. The minimum Gasteiger partial charge on any atom is -0.497 e. The Labute approximate surface area is 82.3 Å². The Balaban J connectivity index is 2.47. The number of benzene rings is 1. The lowest BCUT2D eigenvalue weighted by molar-refractivity contribution is -0.213. The van der Waals surface area contributed by atoms with Crippen molar-refractivity contribution in [3.05, 3.63) is 24.3 Å². The van der Waals surface area contributed by atoms with Crippen LogP contribution >= 0.6 is 0 Å². The number of methoxy groups -OCH3 is 1. The minimum absolute atomic E-state index is 0.288. The second-order valence-electron chi connectivity index (χ2n) is 2.57. The molecule has 0 heterocycles. The van der Waals surface area contributed by atoms with Crippen LogP contribution in [0.4, 0.5) is 0 Å². The molecule has 0 fully saturated rings. The van der Waals surface area contributed by atoms with Gasteiger partial charge in [0.05, 0.1) is 7.11 Å². The van der Waals surface area contributed by atoms with Gasteiger partial charge in [-0.3, -0.25) is 9.78 Å². The molecule has 0 amide bonds. The molecule has 0 bridgehead atoms. The zero-order valence-corrected chi connectivity index (χ0v) is 8.15. The lowest BCUT2D eigenvalue weighted by Crippen LogP contribution is -2.05. The maximum atomic E-state index is 10.7. The second kappa shape index (κ2) is 5.11. The third-order valence-electron chi connectivity index (χ3n) is 1.58. The zero-order valence-electron chi connectivity index (χ0n) is 8.15. The number of carbonyl (C=O) groups is 1. The molecule has 4 nitrogen and oxygen atoms in total. The number of rotatable bonds is 4. The lowest BCUT2D eigenvalue weighted by atomic mass is 10.3. The van der Waals surface area contributed by atoms with Crippen LogP contribution in [0.25, 0.3) is 0 Å². The van der Waals surface area contributed by atoms with Crippen molar-refractivity contribution < 1.29 is 19.3 Å². The molecule has 0 saturated carbocycles. The van der Waals surface area contributed by atoms with E-state index >= 15 is 0 Å². The Morgan fingerprint density at radius 3 is 2.29 bits per heavy atom. The largest absolute Gasteiger partial charge is 0.497 e. The van der Waals surface area contributed by atoms with Crippen LogP contribution < -0.4 is 9.62 Å². The fourth-order valence-corrected chi connectivity index (χ4v) is 0.785. The molecule has 0 aliphatic rings. The maximum absolute atomic E-state index is 10.7. The molecule has 0 N–H and O–H groups in total. The lowest BCUT2D eigenvalue weighted by Gasteiger charge is -2.03. The maximum Gasteiger partial charge on any atom is 0.355 e. The van der Waals surface area contributed by atoms with E-state index in [1.165, 1.54) is 0 Å². The van der Waals surface area contributed by atoms with Crippen LogP contribution in [-0.4, -0.2) is 13.1 Å². The van der Waals surface area contributed by atoms with E-state index in [2.05, 4.69) is 4.89 Å². The first-order valence-corrected chi connectivity index (χ1v) is 4.27. The van der Waals surface area contributed by atoms with Crippen LogP contribution in [-0.2, 0) is 9.68 Å². The van der Waals surface area contributed by atoms with Gasteiger partial charge in [0.2, 0.25) is 0 Å². The molecular formula is C10H12O4. The van der Waals surface area contributed by atoms with Crippen LogP contribution in [0.5, 0.6) is 11.5 Å². The van der Waals surface area contributed by atoms with Crippen LogP contribution in [0.15, 0.2) is 24.3 Å². The van der Waals surface area contributed by atoms with E-state index in [0.717, 1.165) is 5.75 Å². The van der Waals surface area contributed by atoms with E-state index in [4.69, 9.17) is 9.62 Å². The highest BCUT2D eigenvalue weighted by atomic mass is 17.2. The van der Waals surface area contributed by atoms with E-state index in [1.54, 1.807) is 38.3 Å². The molecule has 0 aliphatic carbocycles. The van der Waals surface area contributed by atoms with Crippen LogP contribution in [0.2, 0.25) is 0 Å². The quantitative estimate of drug-likeness (QED) is 0.545. The number of ether oxygens (including phenoxy) is 1. The van der Waals surface area contributed by atoms with E-state index in [9.17, 15) is 4.79 Å². The van der Waals surface area contributed by atoms with Gasteiger partial charge in [-0.15, -0.1) is 0 Å². The van der Waals surface area contributed by atoms with Crippen molar-refractivity contribution in [2.24, 2.45) is 0 Å². The topological polar surface area (TPSA) is 44.8 Å². The predicted octanol–water partition coefficient (Wildman–Crippen LogP) is 1.94. The molecule has 1 aromatic rings. The second-order valence-corrected chi connectivity index (χ2v) is 2.57. The average Bonchev–Trinajstić information content (AvgIpc) is 2.26. The molecule has 0 aromatic heterocycles. The monoisotopic (exact) mass is 196 g/mol. The van der Waals surface area contributed by atoms with E-state index < -0.39 is 5.97 Å². The molecule has 0 spiro atoms. The first kappa shape index (κ1) is 10.4. The van der Waals surface area contributed by atoms with Crippen LogP contribution in [0, 0.1) is 0 Å². The Bertz CT molecular complexity index is 291. The third kappa shape index (κ3) is 2.97. The predicted molar refractivity (Wildman–Crippen MR) is 50.0 cm³/mol. The van der Waals surface area contributed by atoms with Crippen LogP contribution in [0.3, 0.4) is 0 Å². The van der Waals surface area contributed by atoms with Gasteiger partial charge in [-0.1, -0.05) is 6.92 Å². The fourth-order valence-electron chi connectivity index (χ4n) is 0.785. The van der Waals surface area contributed by atoms with Gasteiger partial charge in [0.1, 0.15) is 5.75 Å². The SMILES string of the molecule is CCC(=O)OOc1ccc(OC)cc1. The van der Waals surface area contributed by atoms with Crippen molar-refractivity contribution >= 4 is 5.97 Å². The summed E-state index contributed by atoms with van der Waals surface area (Å²) in [6.07, 6.45) is 0.288. The smallest absolute Gasteiger partial charge is 0.355 e. The zero-order chi connectivity index (χ0) is 10.4. The molecular weight excluding hydrogens is 184 g/mol. The number of hydrogen-bond donors (Lipinski definition) is 0. The summed E-state index contributed by atoms with van der Waals surface area (Å²) < 4.78 is 4.95. The highest BCUT2D eigenvalue weighted by Crippen LogP contribution is 2.17. The Kier molecular flexibility index (Phi) is 3.79. The van der Waals surface area contributed by atoms with E-state index in [1.807, 2.05) is 0 Å². The van der Waals surface area contributed by atoms with E-state index in [-0.39, 0.29) is 6.42 Å². The van der Waals surface area contributed by atoms with Gasteiger partial charge in [-0.25, -0.2) is 4.79 Å². The van der Waals surface area contributed by atoms with Crippen molar-refractivity contribution in [2.75, 3.05) is 7.11 Å². The van der Waals surface area contributed by atoms with Gasteiger partial charge in [0.25, 0.3) is 0 Å². The van der Waals surface area contributed by atoms with Crippen molar-refractivity contribution in [1.29, 1.82) is 0 Å². The average molecular weight is 196 g/mol. The molecule has 0 saturated heterocycles. The fraction of sp³-hybridized carbons (Fsp3) is 0.300. The first-order valence-electron chi connectivity index (χ1n) is 4.27. The minimum atomic E-state index is -0.402. The number of carbonyl (C=O) groups excluding carboxylic acids is 1. The van der Waals surface area contributed by atoms with Gasteiger partial charge in [-0.05, 0) is 24.3 Å². The summed E-state index contributed by atoms with van der Waals surface area (Å²) in [6, 6.07) is 6.74. The molecule has 0 unspecified atom stereocenters. The van der Waals surface area contributed by atoms with Gasteiger partial charge in [-0.2, -0.15) is 0 Å². The highest BCUT2D eigenvalue weighted by molar-refractivity contribution is 5.68. The van der Waals surface area contributed by atoms with Crippen molar-refractivity contribution in [2.45, 2.75) is 13.3 Å². The van der Waals surface area contributed by atoms with Gasteiger partial charge < -0.3 is 4.74 Å². The molecule has 76 valence electrons. The molecule has 1 aromatic carbocycles. The summed E-state index contributed by atoms with van der Waals surface area (Å²) in [4.78, 5) is 20.0. The summed E-state index contributed by atoms with van der Waals surface area (Å²) in [5.41, 5.74) is 0. The third-order valence-corrected chi connectivity index (χ3v) is 1.58. The van der Waals surface area contributed by atoms with Crippen molar-refractivity contribution in [3.63, 3.8) is 0 Å². The van der Waals surface area contributed by atoms with E-state index in [0.29, 0.717) is 5.75 Å². The molecule has 0 atom stereocenters. The van der Waals surface area contributed by atoms with Gasteiger partial charge >= 0.3 is 5.97 Å². The van der Waals surface area contributed by atoms with Crippen molar-refractivity contribution in [1.82, 2.24) is 0 Å². The molecule has 14 heavy (non-hydrogen) atoms. The summed E-state index contributed by atoms with van der Waals surface area (Å²) in [5, 5.41) is 0. The van der Waals surface area contributed by atoms with Crippen molar-refractivity contribution in [3.8, 4) is 11.5 Å². The number of hydrogen-bond acceptors (Lipinski definition) is 4. The summed E-state index contributed by atoms with van der Waals surface area (Å²) in [7, 11) is 1.58. The molecule has 4 heteroatoms. The summed E-state index contributed by atoms with van der Waals surface area (Å²) in [6.45, 7) is 1.69. The first-order chi connectivity index (χ1) is 6.76. The Morgan fingerprint density at radius 2 is 1.79 bits per heavy atom. The Hall–Kier alpha value is -1.71. The molecule has 0 radical (unpaired) electrons. The Morgan fingerprint density at radius 1 is 1.21 bits per heavy atom. The summed E-state index contributed by atoms with van der Waals surface area (Å²) >= 11 is 0. The summed E-state index contributed by atoms with van der Waals surface area (Å²) in [5.74, 6) is 0.785. The van der Waals surface area contributed by atoms with Crippen LogP contribution in [0.1, 0.15) is 13.3 Å². The van der Waals surface area contributed by atoms with Gasteiger partial charge in [0, 0.05) is 6.42 Å². The molecule has 1 rings (SSSR count).